The highest BCUT2D eigenvalue weighted by Gasteiger charge is 2.50. The quantitative estimate of drug-likeness (QED) is 0.496. The van der Waals surface area contributed by atoms with Gasteiger partial charge in [-0.15, -0.1) is 0 Å². The Balaban J connectivity index is 1.87. The monoisotopic (exact) mass is 437 g/mol. The maximum Gasteiger partial charge on any atom is 0.411 e. The van der Waals surface area contributed by atoms with Gasteiger partial charge in [-0.25, -0.2) is 4.79 Å². The van der Waals surface area contributed by atoms with Crippen LogP contribution in [0, 0.1) is 14.9 Å². The Labute approximate surface area is 155 Å². The number of hydrogen-bond donors (Lipinski definition) is 0. The van der Waals surface area contributed by atoms with Crippen molar-refractivity contribution in [1.82, 2.24) is 9.88 Å². The van der Waals surface area contributed by atoms with E-state index in [9.17, 15) is 10.1 Å². The van der Waals surface area contributed by atoms with Crippen molar-refractivity contribution >= 4 is 28.7 Å². The number of nitrogens with zero attached hydrogens (tertiary/aromatic N) is 3. The van der Waals surface area contributed by atoms with E-state index in [0.717, 1.165) is 9.13 Å². The molecule has 0 unspecified atom stereocenters. The third-order valence-electron chi connectivity index (χ3n) is 4.46. The van der Waals surface area contributed by atoms with E-state index >= 15 is 0 Å². The molecule has 3 atom stereocenters. The molecule has 2 bridgehead atoms. The zero-order valence-electron chi connectivity index (χ0n) is 14.0. The number of fused-ring (bicyclic) bond motifs is 2. The number of hydrogen-bond acceptors (Lipinski definition) is 4. The fourth-order valence-electron chi connectivity index (χ4n) is 3.47. The summed E-state index contributed by atoms with van der Waals surface area (Å²) in [6.45, 7) is 5.59. The van der Waals surface area contributed by atoms with E-state index < -0.39 is 11.0 Å². The Hall–Kier alpha value is -1.62. The SMILES string of the molecule is CC(C)(C)OC(=O)N1[C@@H]2C=C[C@H]1C[C@](C#N)(c1cncc(I)c1)C2. The number of carbonyl (C=O) groups is 1. The van der Waals surface area contributed by atoms with Crippen molar-refractivity contribution in [3.8, 4) is 6.07 Å². The second kappa shape index (κ2) is 6.03. The summed E-state index contributed by atoms with van der Waals surface area (Å²) in [4.78, 5) is 18.5. The van der Waals surface area contributed by atoms with Crippen LogP contribution in [-0.4, -0.2) is 33.7 Å². The molecule has 1 amide bonds. The van der Waals surface area contributed by atoms with Gasteiger partial charge in [0.15, 0.2) is 0 Å². The number of halogens is 1. The number of pyridine rings is 1. The number of piperidine rings is 1. The summed E-state index contributed by atoms with van der Waals surface area (Å²) in [6, 6.07) is 4.29. The first-order valence-corrected chi connectivity index (χ1v) is 9.04. The molecule has 1 saturated heterocycles. The van der Waals surface area contributed by atoms with Crippen molar-refractivity contribution in [2.75, 3.05) is 0 Å². The van der Waals surface area contributed by atoms with Crippen LogP contribution in [0.1, 0.15) is 39.2 Å². The maximum atomic E-state index is 12.5. The van der Waals surface area contributed by atoms with Crippen molar-refractivity contribution in [2.45, 2.75) is 56.7 Å². The van der Waals surface area contributed by atoms with Crippen molar-refractivity contribution < 1.29 is 9.53 Å². The van der Waals surface area contributed by atoms with E-state index in [4.69, 9.17) is 4.74 Å². The van der Waals surface area contributed by atoms with Gasteiger partial charge in [0.25, 0.3) is 0 Å². The van der Waals surface area contributed by atoms with Crippen LogP contribution in [0.2, 0.25) is 0 Å². The average Bonchev–Trinajstić information content (AvgIpc) is 2.77. The molecule has 126 valence electrons. The van der Waals surface area contributed by atoms with Gasteiger partial charge < -0.3 is 4.74 Å². The minimum Gasteiger partial charge on any atom is -0.444 e. The van der Waals surface area contributed by atoms with Gasteiger partial charge in [-0.05, 0) is 67.8 Å². The molecular formula is C18H20IN3O2. The van der Waals surface area contributed by atoms with Gasteiger partial charge >= 0.3 is 6.09 Å². The highest BCUT2D eigenvalue weighted by Crippen LogP contribution is 2.44. The second-order valence-electron chi connectivity index (χ2n) is 7.40. The molecule has 2 aliphatic rings. The summed E-state index contributed by atoms with van der Waals surface area (Å²) in [5.41, 5.74) is -0.218. The van der Waals surface area contributed by atoms with Crippen LogP contribution in [0.3, 0.4) is 0 Å². The molecule has 3 rings (SSSR count). The molecule has 24 heavy (non-hydrogen) atoms. The molecule has 0 aromatic carbocycles. The van der Waals surface area contributed by atoms with Crippen LogP contribution < -0.4 is 0 Å². The fraction of sp³-hybridized carbons (Fsp3) is 0.500. The summed E-state index contributed by atoms with van der Waals surface area (Å²) < 4.78 is 6.54. The number of ether oxygens (including phenoxy) is 1. The van der Waals surface area contributed by atoms with Crippen molar-refractivity contribution in [2.24, 2.45) is 0 Å². The lowest BCUT2D eigenvalue weighted by Crippen LogP contribution is -2.53. The highest BCUT2D eigenvalue weighted by molar-refractivity contribution is 14.1. The normalized spacial score (nSPS) is 28.5. The van der Waals surface area contributed by atoms with Crippen LogP contribution in [0.5, 0.6) is 0 Å². The van der Waals surface area contributed by atoms with Crippen LogP contribution >= 0.6 is 22.6 Å². The lowest BCUT2D eigenvalue weighted by Gasteiger charge is -2.43. The average molecular weight is 437 g/mol. The molecule has 0 radical (unpaired) electrons. The molecule has 1 aromatic heterocycles. The third-order valence-corrected chi connectivity index (χ3v) is 5.05. The van der Waals surface area contributed by atoms with Gasteiger partial charge in [0.2, 0.25) is 0 Å². The standard InChI is InChI=1S/C18H20IN3O2/c1-17(2,3)24-16(23)22-14-4-5-15(22)8-18(7-14,11-20)12-6-13(19)10-21-9-12/h4-6,9-10,14-15H,7-8H2,1-3H3/t14-,15+,18-. The first-order valence-electron chi connectivity index (χ1n) is 7.96. The zero-order valence-corrected chi connectivity index (χ0v) is 16.1. The zero-order chi connectivity index (χ0) is 17.5. The molecule has 3 heterocycles. The van der Waals surface area contributed by atoms with Gasteiger partial charge in [0.1, 0.15) is 5.60 Å². The molecule has 0 aliphatic carbocycles. The predicted molar refractivity (Wildman–Crippen MR) is 98.3 cm³/mol. The molecule has 0 spiro atoms. The minimum atomic E-state index is -0.620. The first kappa shape index (κ1) is 17.2. The largest absolute Gasteiger partial charge is 0.444 e. The number of nitriles is 1. The Morgan fingerprint density at radius 2 is 2.00 bits per heavy atom. The summed E-state index contributed by atoms with van der Waals surface area (Å²) in [6.07, 6.45) is 8.42. The summed E-state index contributed by atoms with van der Waals surface area (Å²) in [7, 11) is 0. The lowest BCUT2D eigenvalue weighted by molar-refractivity contribution is 0.00562. The van der Waals surface area contributed by atoms with E-state index in [0.29, 0.717) is 12.8 Å². The highest BCUT2D eigenvalue weighted by atomic mass is 127. The minimum absolute atomic E-state index is 0.115. The number of amides is 1. The summed E-state index contributed by atoms with van der Waals surface area (Å²) >= 11 is 2.21. The molecule has 0 saturated carbocycles. The van der Waals surface area contributed by atoms with E-state index in [1.165, 1.54) is 0 Å². The van der Waals surface area contributed by atoms with Gasteiger partial charge in [-0.1, -0.05) is 12.2 Å². The van der Waals surface area contributed by atoms with Gasteiger partial charge in [-0.3, -0.25) is 9.88 Å². The molecular weight excluding hydrogens is 417 g/mol. The smallest absolute Gasteiger partial charge is 0.411 e. The van der Waals surface area contributed by atoms with Crippen LogP contribution in [-0.2, 0) is 10.2 Å². The number of aromatic nitrogens is 1. The van der Waals surface area contributed by atoms with E-state index in [1.54, 1.807) is 17.3 Å². The topological polar surface area (TPSA) is 66.2 Å². The van der Waals surface area contributed by atoms with E-state index in [-0.39, 0.29) is 18.2 Å². The van der Waals surface area contributed by atoms with Gasteiger partial charge in [0, 0.05) is 16.0 Å². The third kappa shape index (κ3) is 3.14. The molecule has 1 fully saturated rings. The molecule has 6 heteroatoms. The van der Waals surface area contributed by atoms with E-state index in [2.05, 4.69) is 33.6 Å². The fourth-order valence-corrected chi connectivity index (χ4v) is 3.96. The maximum absolute atomic E-state index is 12.5. The summed E-state index contributed by atoms with van der Waals surface area (Å²) in [5.74, 6) is 0. The van der Waals surface area contributed by atoms with Crippen LogP contribution in [0.25, 0.3) is 0 Å². The predicted octanol–water partition coefficient (Wildman–Crippen LogP) is 3.79. The Bertz CT molecular complexity index is 717. The Kier molecular flexibility index (Phi) is 4.32. The van der Waals surface area contributed by atoms with Crippen LogP contribution in [0.4, 0.5) is 4.79 Å². The van der Waals surface area contributed by atoms with Crippen molar-refractivity contribution in [3.63, 3.8) is 0 Å². The van der Waals surface area contributed by atoms with Gasteiger partial charge in [-0.2, -0.15) is 5.26 Å². The molecule has 2 aliphatic heterocycles. The summed E-state index contributed by atoms with van der Waals surface area (Å²) in [5, 5.41) is 9.92. The Morgan fingerprint density at radius 3 is 2.50 bits per heavy atom. The molecule has 0 N–H and O–H groups in total. The van der Waals surface area contributed by atoms with E-state index in [1.807, 2.05) is 39.0 Å². The molecule has 1 aromatic rings. The van der Waals surface area contributed by atoms with Crippen molar-refractivity contribution in [1.29, 1.82) is 5.26 Å². The van der Waals surface area contributed by atoms with Crippen LogP contribution in [0.15, 0.2) is 30.6 Å². The van der Waals surface area contributed by atoms with Crippen molar-refractivity contribution in [3.05, 3.63) is 39.7 Å². The second-order valence-corrected chi connectivity index (χ2v) is 8.65. The Morgan fingerprint density at radius 1 is 1.38 bits per heavy atom. The number of carbonyl (C=O) groups excluding carboxylic acids is 1. The number of rotatable bonds is 1. The first-order chi connectivity index (χ1) is 11.2. The van der Waals surface area contributed by atoms with Gasteiger partial charge in [0.05, 0.1) is 23.6 Å². The lowest BCUT2D eigenvalue weighted by atomic mass is 9.71. The molecule has 5 nitrogen and oxygen atoms in total.